The third-order valence-corrected chi connectivity index (χ3v) is 4.02. The van der Waals surface area contributed by atoms with Crippen LogP contribution in [-0.4, -0.2) is 21.5 Å². The van der Waals surface area contributed by atoms with Crippen molar-refractivity contribution in [3.05, 3.63) is 49.2 Å². The minimum Gasteiger partial charge on any atom is -0.505 e. The van der Waals surface area contributed by atoms with Gasteiger partial charge in [0.1, 0.15) is 5.82 Å². The van der Waals surface area contributed by atoms with E-state index in [0.717, 1.165) is 10.6 Å². The van der Waals surface area contributed by atoms with E-state index >= 15 is 0 Å². The van der Waals surface area contributed by atoms with Gasteiger partial charge >= 0.3 is 0 Å². The number of carbonyl (C=O) groups excluding carboxylic acids is 2. The fourth-order valence-electron chi connectivity index (χ4n) is 2.25. The van der Waals surface area contributed by atoms with Gasteiger partial charge in [-0.2, -0.15) is 0 Å². The van der Waals surface area contributed by atoms with E-state index < -0.39 is 17.4 Å². The van der Waals surface area contributed by atoms with Gasteiger partial charge in [0.25, 0.3) is 17.4 Å². The van der Waals surface area contributed by atoms with Gasteiger partial charge < -0.3 is 10.8 Å². The Kier molecular flexibility index (Phi) is 3.22. The number of rotatable bonds is 1. The first-order valence-electron chi connectivity index (χ1n) is 5.91. The predicted octanol–water partition coefficient (Wildman–Crippen LogP) is 1.42. The van der Waals surface area contributed by atoms with Gasteiger partial charge in [-0.15, -0.1) is 0 Å². The highest BCUT2D eigenvalue weighted by Gasteiger charge is 2.32. The highest BCUT2D eigenvalue weighted by Crippen LogP contribution is 2.35. The molecule has 0 unspecified atom stereocenters. The lowest BCUT2D eigenvalue weighted by atomic mass is 10.1. The second-order valence-electron chi connectivity index (χ2n) is 4.53. The number of hydrogen-bond donors (Lipinski definition) is 3. The van der Waals surface area contributed by atoms with Crippen LogP contribution in [0.3, 0.4) is 0 Å². The van der Waals surface area contributed by atoms with Crippen LogP contribution in [0.1, 0.15) is 20.7 Å². The van der Waals surface area contributed by atoms with Gasteiger partial charge in [0.05, 0.1) is 21.3 Å². The number of benzene rings is 1. The summed E-state index contributed by atoms with van der Waals surface area (Å²) in [4.78, 5) is 35.6. The number of phenols is 1. The maximum atomic E-state index is 12.2. The van der Waals surface area contributed by atoms with Crippen molar-refractivity contribution in [3.63, 3.8) is 0 Å². The van der Waals surface area contributed by atoms with Crippen molar-refractivity contribution in [2.24, 2.45) is 0 Å². The molecular weight excluding hydrogens is 378 g/mol. The average Bonchev–Trinajstić information content (AvgIpc) is 2.70. The molecule has 1 aromatic carbocycles. The van der Waals surface area contributed by atoms with E-state index in [-0.39, 0.29) is 37.9 Å². The molecule has 2 amide bonds. The number of halogens is 2. The van der Waals surface area contributed by atoms with Crippen molar-refractivity contribution in [2.75, 3.05) is 5.73 Å². The molecule has 1 aliphatic heterocycles. The number of fused-ring (bicyclic) bond motifs is 1. The Morgan fingerprint density at radius 1 is 1.18 bits per heavy atom. The summed E-state index contributed by atoms with van der Waals surface area (Å²) in [5.41, 5.74) is 4.99. The first-order chi connectivity index (χ1) is 10.3. The van der Waals surface area contributed by atoms with Crippen molar-refractivity contribution < 1.29 is 14.7 Å². The van der Waals surface area contributed by atoms with Crippen LogP contribution in [0.4, 0.5) is 5.82 Å². The second-order valence-corrected chi connectivity index (χ2v) is 5.82. The van der Waals surface area contributed by atoms with Crippen LogP contribution in [0.2, 0.25) is 5.02 Å². The van der Waals surface area contributed by atoms with E-state index in [2.05, 4.69) is 21.2 Å². The average molecular weight is 385 g/mol. The summed E-state index contributed by atoms with van der Waals surface area (Å²) in [5, 5.41) is 12.4. The van der Waals surface area contributed by atoms with Crippen LogP contribution < -0.4 is 16.6 Å². The molecule has 22 heavy (non-hydrogen) atoms. The number of amides is 2. The quantitative estimate of drug-likeness (QED) is 0.643. The SMILES string of the molecule is Nc1c2c(cc(=O)n1-c1cc(Cl)cc(Br)c1O)C(=O)NC2=O. The number of aromatic nitrogens is 1. The topological polar surface area (TPSA) is 114 Å². The van der Waals surface area contributed by atoms with Gasteiger partial charge in [-0.1, -0.05) is 11.6 Å². The van der Waals surface area contributed by atoms with E-state index in [0.29, 0.717) is 0 Å². The van der Waals surface area contributed by atoms with Crippen molar-refractivity contribution in [3.8, 4) is 11.4 Å². The number of nitrogens with two attached hydrogens (primary N) is 1. The van der Waals surface area contributed by atoms with Crippen LogP contribution in [0, 0.1) is 0 Å². The molecule has 0 saturated carbocycles. The summed E-state index contributed by atoms with van der Waals surface area (Å²) >= 11 is 9.02. The molecule has 0 bridgehead atoms. The Morgan fingerprint density at radius 3 is 2.55 bits per heavy atom. The first-order valence-corrected chi connectivity index (χ1v) is 7.08. The van der Waals surface area contributed by atoms with E-state index in [9.17, 15) is 19.5 Å². The molecule has 0 atom stereocenters. The van der Waals surface area contributed by atoms with E-state index in [4.69, 9.17) is 17.3 Å². The van der Waals surface area contributed by atoms with E-state index in [1.54, 1.807) is 0 Å². The Hall–Kier alpha value is -2.32. The monoisotopic (exact) mass is 383 g/mol. The molecule has 112 valence electrons. The smallest absolute Gasteiger partial charge is 0.262 e. The normalized spacial score (nSPS) is 13.2. The van der Waals surface area contributed by atoms with Crippen LogP contribution in [0.25, 0.3) is 5.69 Å². The molecule has 3 rings (SSSR count). The van der Waals surface area contributed by atoms with Gasteiger partial charge in [-0.25, -0.2) is 0 Å². The summed E-state index contributed by atoms with van der Waals surface area (Å²) in [7, 11) is 0. The zero-order valence-electron chi connectivity index (χ0n) is 10.7. The standard InChI is InChI=1S/C13H7BrClN3O4/c14-6-1-4(15)2-7(10(6)20)18-8(19)3-5-9(11(18)16)13(22)17-12(5)21/h1-3,20H,16H2,(H,17,21,22). The Labute approximate surface area is 136 Å². The highest BCUT2D eigenvalue weighted by atomic mass is 79.9. The number of phenolic OH excluding ortho intramolecular Hbond substituents is 1. The van der Waals surface area contributed by atoms with Gasteiger partial charge in [0.15, 0.2) is 5.75 Å². The zero-order chi connectivity index (χ0) is 16.2. The van der Waals surface area contributed by atoms with Crippen molar-refractivity contribution in [1.82, 2.24) is 9.88 Å². The molecule has 1 aliphatic rings. The lowest BCUT2D eigenvalue weighted by molar-refractivity contribution is 0.0880. The maximum Gasteiger partial charge on any atom is 0.262 e. The van der Waals surface area contributed by atoms with Gasteiger partial charge in [-0.3, -0.25) is 24.3 Å². The molecule has 1 aromatic heterocycles. The zero-order valence-corrected chi connectivity index (χ0v) is 13.0. The number of pyridine rings is 1. The van der Waals surface area contributed by atoms with Gasteiger partial charge in [0, 0.05) is 11.1 Å². The molecule has 2 aromatic rings. The molecule has 9 heteroatoms. The first kappa shape index (κ1) is 14.6. The maximum absolute atomic E-state index is 12.2. The van der Waals surface area contributed by atoms with Crippen molar-refractivity contribution in [2.45, 2.75) is 0 Å². The van der Waals surface area contributed by atoms with Crippen LogP contribution in [-0.2, 0) is 0 Å². The van der Waals surface area contributed by atoms with Crippen molar-refractivity contribution in [1.29, 1.82) is 0 Å². The molecule has 7 nitrogen and oxygen atoms in total. The summed E-state index contributed by atoms with van der Waals surface area (Å²) in [6.45, 7) is 0. The van der Waals surface area contributed by atoms with Crippen LogP contribution in [0.15, 0.2) is 27.5 Å². The fraction of sp³-hybridized carbons (Fsp3) is 0. The second kappa shape index (κ2) is 4.85. The number of aromatic hydroxyl groups is 1. The number of hydrogen-bond acceptors (Lipinski definition) is 5. The number of anilines is 1. The Bertz CT molecular complexity index is 922. The summed E-state index contributed by atoms with van der Waals surface area (Å²) in [5.74, 6) is -1.92. The highest BCUT2D eigenvalue weighted by molar-refractivity contribution is 9.10. The van der Waals surface area contributed by atoms with E-state index in [1.807, 2.05) is 0 Å². The predicted molar refractivity (Wildman–Crippen MR) is 82.6 cm³/mol. The molecule has 0 spiro atoms. The lowest BCUT2D eigenvalue weighted by Crippen LogP contribution is -2.24. The fourth-order valence-corrected chi connectivity index (χ4v) is 3.04. The van der Waals surface area contributed by atoms with Crippen LogP contribution >= 0.6 is 27.5 Å². The summed E-state index contributed by atoms with van der Waals surface area (Å²) in [6.07, 6.45) is 0. The number of carbonyl (C=O) groups is 2. The van der Waals surface area contributed by atoms with Crippen molar-refractivity contribution >= 4 is 45.2 Å². The minimum atomic E-state index is -0.702. The third kappa shape index (κ3) is 1.99. The molecule has 0 fully saturated rings. The van der Waals surface area contributed by atoms with Gasteiger partial charge in [0.2, 0.25) is 0 Å². The number of nitrogens with one attached hydrogen (secondary N) is 1. The number of imide groups is 1. The number of nitrogens with zero attached hydrogens (tertiary/aromatic N) is 1. The molecule has 0 saturated heterocycles. The van der Waals surface area contributed by atoms with E-state index in [1.165, 1.54) is 12.1 Å². The lowest BCUT2D eigenvalue weighted by Gasteiger charge is -2.14. The molecule has 0 radical (unpaired) electrons. The van der Waals surface area contributed by atoms with Crippen LogP contribution in [0.5, 0.6) is 5.75 Å². The minimum absolute atomic E-state index is 0.00294. The third-order valence-electron chi connectivity index (χ3n) is 3.20. The summed E-state index contributed by atoms with van der Waals surface area (Å²) < 4.78 is 1.17. The van der Waals surface area contributed by atoms with Gasteiger partial charge in [-0.05, 0) is 28.1 Å². The molecule has 0 aliphatic carbocycles. The largest absolute Gasteiger partial charge is 0.505 e. The Balaban J connectivity index is 2.40. The Morgan fingerprint density at radius 2 is 1.86 bits per heavy atom. The molecular formula is C13H7BrClN3O4. The molecule has 4 N–H and O–H groups in total. The number of nitrogen functional groups attached to an aromatic ring is 1. The molecule has 2 heterocycles. The summed E-state index contributed by atoms with van der Waals surface area (Å²) in [6, 6.07) is 3.74.